The Kier molecular flexibility index (Phi) is 5.84. The van der Waals surface area contributed by atoms with Gasteiger partial charge < -0.3 is 14.7 Å². The molecule has 1 aromatic rings. The summed E-state index contributed by atoms with van der Waals surface area (Å²) in [6.07, 6.45) is 3.83. The predicted molar refractivity (Wildman–Crippen MR) is 112 cm³/mol. The largest absolute Gasteiger partial charge is 0.458 e. The van der Waals surface area contributed by atoms with E-state index in [0.29, 0.717) is 17.7 Å². The van der Waals surface area contributed by atoms with Gasteiger partial charge in [0.15, 0.2) is 11.4 Å². The zero-order chi connectivity index (χ0) is 21.2. The quantitative estimate of drug-likeness (QED) is 0.794. The molecular formula is C23H26N2O4. The minimum Gasteiger partial charge on any atom is -0.458 e. The highest BCUT2D eigenvalue weighted by Crippen LogP contribution is 2.35. The van der Waals surface area contributed by atoms with Crippen molar-refractivity contribution >= 4 is 23.2 Å². The first-order chi connectivity index (χ1) is 13.8. The number of aliphatic imine (C=N–C) groups is 1. The van der Waals surface area contributed by atoms with Gasteiger partial charge in [0.1, 0.15) is 6.61 Å². The van der Waals surface area contributed by atoms with Crippen molar-refractivity contribution in [2.75, 3.05) is 20.2 Å². The molecule has 1 atom stereocenters. The number of Topliss-reactive ketones (excluding diaryl/α,β-unsaturated/α-hetero) is 1. The maximum absolute atomic E-state index is 12.4. The van der Waals surface area contributed by atoms with E-state index in [4.69, 9.17) is 9.73 Å². The summed E-state index contributed by atoms with van der Waals surface area (Å²) in [6, 6.07) is 9.59. The number of allylic oxidation sites excluding steroid dienone is 2. The Labute approximate surface area is 170 Å². The standard InChI is InChI=1S/C23H26N2O4/c1-5-16-13-25(4)20(21(16)24-17-10-8-7-9-11-17)12-19-18(15(3)26)14-29-22(27)23(19,28)6-2/h5,7-12,28H,6,13-14H2,1-4H3/b16-5-,20-12-,24-21?/t23-/m0/s1. The van der Waals surface area contributed by atoms with Crippen LogP contribution in [0.2, 0.25) is 0 Å². The molecule has 2 heterocycles. The maximum Gasteiger partial charge on any atom is 0.343 e. The van der Waals surface area contributed by atoms with Crippen LogP contribution in [0.25, 0.3) is 0 Å². The Balaban J connectivity index is 2.22. The Hall–Kier alpha value is -2.99. The molecule has 0 radical (unpaired) electrons. The van der Waals surface area contributed by atoms with Gasteiger partial charge in [0.2, 0.25) is 0 Å². The van der Waals surface area contributed by atoms with Crippen LogP contribution in [-0.4, -0.2) is 53.3 Å². The second-order valence-electron chi connectivity index (χ2n) is 7.23. The van der Waals surface area contributed by atoms with Gasteiger partial charge >= 0.3 is 5.97 Å². The first-order valence-corrected chi connectivity index (χ1v) is 9.68. The molecule has 29 heavy (non-hydrogen) atoms. The summed E-state index contributed by atoms with van der Waals surface area (Å²) < 4.78 is 5.09. The molecule has 1 fully saturated rings. The van der Waals surface area contributed by atoms with Crippen LogP contribution in [0.3, 0.4) is 0 Å². The van der Waals surface area contributed by atoms with Crippen molar-refractivity contribution in [2.24, 2.45) is 4.99 Å². The monoisotopic (exact) mass is 394 g/mol. The van der Waals surface area contributed by atoms with Crippen molar-refractivity contribution in [2.45, 2.75) is 32.8 Å². The molecule has 1 N–H and O–H groups in total. The third-order valence-electron chi connectivity index (χ3n) is 5.38. The molecule has 2 aliphatic rings. The number of carbonyl (C=O) groups is 2. The number of ketones is 1. The number of para-hydroxylation sites is 1. The number of cyclic esters (lactones) is 1. The van der Waals surface area contributed by atoms with Gasteiger partial charge in [-0.05, 0) is 44.1 Å². The van der Waals surface area contributed by atoms with Gasteiger partial charge in [-0.15, -0.1) is 0 Å². The third kappa shape index (κ3) is 3.80. The third-order valence-corrected chi connectivity index (χ3v) is 5.38. The van der Waals surface area contributed by atoms with E-state index in [0.717, 1.165) is 22.7 Å². The number of nitrogens with zero attached hydrogens (tertiary/aromatic N) is 2. The number of carbonyl (C=O) groups excluding carboxylic acids is 2. The summed E-state index contributed by atoms with van der Waals surface area (Å²) in [4.78, 5) is 31.4. The lowest BCUT2D eigenvalue weighted by molar-refractivity contribution is -0.163. The molecule has 0 aromatic heterocycles. The fourth-order valence-corrected chi connectivity index (χ4v) is 3.59. The summed E-state index contributed by atoms with van der Waals surface area (Å²) in [5, 5.41) is 11.1. The molecule has 6 heteroatoms. The van der Waals surface area contributed by atoms with Crippen molar-refractivity contribution in [3.05, 3.63) is 64.9 Å². The number of rotatable bonds is 4. The number of hydrogen-bond donors (Lipinski definition) is 1. The van der Waals surface area contributed by atoms with Crippen LogP contribution < -0.4 is 0 Å². The minimum absolute atomic E-state index is 0.104. The van der Waals surface area contributed by atoms with Crippen molar-refractivity contribution < 1.29 is 19.4 Å². The molecule has 0 amide bonds. The van der Waals surface area contributed by atoms with E-state index in [-0.39, 0.29) is 18.8 Å². The van der Waals surface area contributed by atoms with Crippen LogP contribution in [0.1, 0.15) is 27.2 Å². The average Bonchev–Trinajstić information content (AvgIpc) is 3.00. The van der Waals surface area contributed by atoms with Gasteiger partial charge in [-0.3, -0.25) is 4.79 Å². The lowest BCUT2D eigenvalue weighted by atomic mass is 9.83. The normalized spacial score (nSPS) is 26.6. The summed E-state index contributed by atoms with van der Waals surface area (Å²) in [6.45, 7) is 5.56. The van der Waals surface area contributed by atoms with Gasteiger partial charge in [0, 0.05) is 24.7 Å². The summed E-state index contributed by atoms with van der Waals surface area (Å²) in [7, 11) is 1.92. The van der Waals surface area contributed by atoms with Crippen LogP contribution in [0, 0.1) is 0 Å². The number of likely N-dealkylation sites (N-methyl/N-ethyl adjacent to an activating group) is 1. The van der Waals surface area contributed by atoms with Crippen LogP contribution in [0.15, 0.2) is 69.9 Å². The van der Waals surface area contributed by atoms with E-state index < -0.39 is 11.6 Å². The van der Waals surface area contributed by atoms with Gasteiger partial charge in [0.25, 0.3) is 0 Å². The molecule has 1 aromatic carbocycles. The van der Waals surface area contributed by atoms with Gasteiger partial charge in [-0.1, -0.05) is 31.2 Å². The number of hydrogen-bond acceptors (Lipinski definition) is 6. The Morgan fingerprint density at radius 2 is 2.03 bits per heavy atom. The molecule has 152 valence electrons. The number of esters is 1. The van der Waals surface area contributed by atoms with Crippen molar-refractivity contribution in [3.8, 4) is 0 Å². The topological polar surface area (TPSA) is 79.2 Å². The molecule has 6 nitrogen and oxygen atoms in total. The van der Waals surface area contributed by atoms with Gasteiger partial charge in [-0.25, -0.2) is 9.79 Å². The SMILES string of the molecule is C/C=C1/CN(C)/C(=C\C2=C(C(C)=O)COC(=O)[C@]2(O)CC)C1=Nc1ccccc1. The minimum atomic E-state index is -1.86. The summed E-state index contributed by atoms with van der Waals surface area (Å²) in [5.74, 6) is -0.963. The van der Waals surface area contributed by atoms with E-state index in [1.165, 1.54) is 6.92 Å². The van der Waals surface area contributed by atoms with Crippen molar-refractivity contribution in [3.63, 3.8) is 0 Å². The molecule has 0 aliphatic carbocycles. The Bertz CT molecular complexity index is 956. The Morgan fingerprint density at radius 3 is 2.62 bits per heavy atom. The maximum atomic E-state index is 12.4. The average molecular weight is 394 g/mol. The van der Waals surface area contributed by atoms with Crippen LogP contribution in [-0.2, 0) is 14.3 Å². The van der Waals surface area contributed by atoms with Gasteiger partial charge in [0.05, 0.1) is 17.1 Å². The van der Waals surface area contributed by atoms with Crippen molar-refractivity contribution in [1.29, 1.82) is 0 Å². The van der Waals surface area contributed by atoms with E-state index in [1.807, 2.05) is 55.3 Å². The number of benzene rings is 1. The number of aliphatic hydroxyl groups is 1. The second-order valence-corrected chi connectivity index (χ2v) is 7.23. The number of likely N-dealkylation sites (tertiary alicyclic amines) is 1. The predicted octanol–water partition coefficient (Wildman–Crippen LogP) is 3.12. The van der Waals surface area contributed by atoms with Crippen LogP contribution in [0.4, 0.5) is 5.69 Å². The lowest BCUT2D eigenvalue weighted by Gasteiger charge is -2.32. The molecule has 0 bridgehead atoms. The zero-order valence-electron chi connectivity index (χ0n) is 17.2. The molecule has 0 spiro atoms. The molecule has 3 rings (SSSR count). The van der Waals surface area contributed by atoms with E-state index in [9.17, 15) is 14.7 Å². The highest BCUT2D eigenvalue weighted by atomic mass is 16.6. The highest BCUT2D eigenvalue weighted by molar-refractivity contribution is 6.16. The first kappa shape index (κ1) is 20.7. The van der Waals surface area contributed by atoms with E-state index in [2.05, 4.69) is 0 Å². The molecule has 0 unspecified atom stereocenters. The molecular weight excluding hydrogens is 368 g/mol. The number of ether oxygens (including phenoxy) is 1. The van der Waals surface area contributed by atoms with Gasteiger partial charge in [-0.2, -0.15) is 0 Å². The molecule has 2 aliphatic heterocycles. The fourth-order valence-electron chi connectivity index (χ4n) is 3.59. The smallest absolute Gasteiger partial charge is 0.343 e. The van der Waals surface area contributed by atoms with Crippen LogP contribution in [0.5, 0.6) is 0 Å². The summed E-state index contributed by atoms with van der Waals surface area (Å²) >= 11 is 0. The molecule has 0 saturated carbocycles. The molecule has 1 saturated heterocycles. The lowest BCUT2D eigenvalue weighted by Crippen LogP contribution is -2.46. The fraction of sp³-hybridized carbons (Fsp3) is 0.348. The Morgan fingerprint density at radius 1 is 1.34 bits per heavy atom. The second kappa shape index (κ2) is 8.17. The van der Waals surface area contributed by atoms with E-state index in [1.54, 1.807) is 13.0 Å². The zero-order valence-corrected chi connectivity index (χ0v) is 17.2. The van der Waals surface area contributed by atoms with Crippen LogP contribution >= 0.6 is 0 Å². The summed E-state index contributed by atoms with van der Waals surface area (Å²) in [5.41, 5.74) is 2.09. The first-order valence-electron chi connectivity index (χ1n) is 9.68. The van der Waals surface area contributed by atoms with Crippen molar-refractivity contribution in [1.82, 2.24) is 4.90 Å². The van der Waals surface area contributed by atoms with E-state index >= 15 is 0 Å². The highest BCUT2D eigenvalue weighted by Gasteiger charge is 2.45.